The normalized spacial score (nSPS) is 12.6. The van der Waals surface area contributed by atoms with E-state index in [1.165, 1.54) is 12.1 Å². The molecule has 0 aromatic heterocycles. The van der Waals surface area contributed by atoms with Gasteiger partial charge in [0, 0.05) is 24.3 Å². The quantitative estimate of drug-likeness (QED) is 0.827. The van der Waals surface area contributed by atoms with Gasteiger partial charge in [-0.3, -0.25) is 0 Å². The van der Waals surface area contributed by atoms with Gasteiger partial charge in [-0.1, -0.05) is 0 Å². The first-order valence-corrected chi connectivity index (χ1v) is 5.32. The van der Waals surface area contributed by atoms with Gasteiger partial charge < -0.3 is 10.0 Å². The van der Waals surface area contributed by atoms with Gasteiger partial charge >= 0.3 is 0 Å². The van der Waals surface area contributed by atoms with Gasteiger partial charge in [-0.15, -0.1) is 0 Å². The lowest BCUT2D eigenvalue weighted by atomic mass is 10.1. The molecule has 0 amide bonds. The minimum atomic E-state index is -0.642. The number of hydrogen-bond donors (Lipinski definition) is 1. The zero-order valence-electron chi connectivity index (χ0n) is 9.50. The van der Waals surface area contributed by atoms with E-state index in [2.05, 4.69) is 4.90 Å². The Morgan fingerprint density at radius 3 is 2.40 bits per heavy atom. The number of nitrogens with zero attached hydrogens (tertiary/aromatic N) is 1. The number of aliphatic hydroxyl groups is 1. The number of aliphatic hydroxyl groups excluding tert-OH is 1. The van der Waals surface area contributed by atoms with E-state index in [-0.39, 0.29) is 5.82 Å². The molecular weight excluding hydrogens is 193 g/mol. The third-order valence-electron chi connectivity index (χ3n) is 2.54. The topological polar surface area (TPSA) is 23.5 Å². The standard InChI is InChI=1S/C12H18FNO/c1-4-14(5-2)12-7-6-10(13)8-11(12)9(3)15/h6-9,15H,4-5H2,1-3H3/t9-/m1/s1. The summed E-state index contributed by atoms with van der Waals surface area (Å²) in [6.45, 7) is 7.43. The van der Waals surface area contributed by atoms with Crippen LogP contribution >= 0.6 is 0 Å². The minimum absolute atomic E-state index is 0.304. The Morgan fingerprint density at radius 1 is 1.33 bits per heavy atom. The van der Waals surface area contributed by atoms with Crippen LogP contribution in [-0.2, 0) is 0 Å². The molecule has 0 aliphatic heterocycles. The third kappa shape index (κ3) is 2.69. The zero-order valence-corrected chi connectivity index (χ0v) is 9.50. The van der Waals surface area contributed by atoms with Gasteiger partial charge in [0.15, 0.2) is 0 Å². The summed E-state index contributed by atoms with van der Waals surface area (Å²) in [5.41, 5.74) is 1.56. The van der Waals surface area contributed by atoms with Crippen molar-refractivity contribution in [1.82, 2.24) is 0 Å². The lowest BCUT2D eigenvalue weighted by Gasteiger charge is -2.25. The van der Waals surface area contributed by atoms with Gasteiger partial charge in [-0.25, -0.2) is 4.39 Å². The van der Waals surface area contributed by atoms with Crippen LogP contribution in [0.15, 0.2) is 18.2 Å². The van der Waals surface area contributed by atoms with Crippen LogP contribution < -0.4 is 4.90 Å². The molecule has 0 spiro atoms. The highest BCUT2D eigenvalue weighted by Crippen LogP contribution is 2.26. The summed E-state index contributed by atoms with van der Waals surface area (Å²) >= 11 is 0. The van der Waals surface area contributed by atoms with E-state index in [0.29, 0.717) is 5.56 Å². The first kappa shape index (κ1) is 12.0. The predicted molar refractivity (Wildman–Crippen MR) is 60.6 cm³/mol. The number of hydrogen-bond acceptors (Lipinski definition) is 2. The van der Waals surface area contributed by atoms with Crippen molar-refractivity contribution >= 4 is 5.69 Å². The Labute approximate surface area is 90.3 Å². The maximum atomic E-state index is 13.0. The van der Waals surface area contributed by atoms with Gasteiger partial charge in [0.2, 0.25) is 0 Å². The van der Waals surface area contributed by atoms with E-state index in [9.17, 15) is 9.50 Å². The van der Waals surface area contributed by atoms with Crippen LogP contribution in [0, 0.1) is 5.82 Å². The van der Waals surface area contributed by atoms with E-state index in [4.69, 9.17) is 0 Å². The SMILES string of the molecule is CCN(CC)c1ccc(F)cc1[C@@H](C)O. The van der Waals surface area contributed by atoms with Crippen LogP contribution in [0.2, 0.25) is 0 Å². The van der Waals surface area contributed by atoms with Crippen molar-refractivity contribution in [1.29, 1.82) is 0 Å². The van der Waals surface area contributed by atoms with Crippen molar-refractivity contribution in [2.45, 2.75) is 26.9 Å². The molecule has 84 valence electrons. The zero-order chi connectivity index (χ0) is 11.4. The molecule has 0 heterocycles. The van der Waals surface area contributed by atoms with Gasteiger partial charge in [-0.2, -0.15) is 0 Å². The Kier molecular flexibility index (Phi) is 4.09. The predicted octanol–water partition coefficient (Wildman–Crippen LogP) is 2.73. The van der Waals surface area contributed by atoms with E-state index < -0.39 is 6.10 Å². The molecule has 0 fully saturated rings. The van der Waals surface area contributed by atoms with Crippen molar-refractivity contribution in [3.8, 4) is 0 Å². The maximum Gasteiger partial charge on any atom is 0.123 e. The van der Waals surface area contributed by atoms with Crippen LogP contribution in [-0.4, -0.2) is 18.2 Å². The summed E-state index contributed by atoms with van der Waals surface area (Å²) in [6, 6.07) is 4.56. The number of benzene rings is 1. The van der Waals surface area contributed by atoms with Crippen LogP contribution in [0.4, 0.5) is 10.1 Å². The Balaban J connectivity index is 3.15. The summed E-state index contributed by atoms with van der Waals surface area (Å²) in [7, 11) is 0. The van der Waals surface area contributed by atoms with Crippen LogP contribution in [0.3, 0.4) is 0 Å². The molecule has 1 N–H and O–H groups in total. The molecule has 1 aromatic carbocycles. The van der Waals surface area contributed by atoms with E-state index in [1.54, 1.807) is 13.0 Å². The molecule has 0 saturated heterocycles. The lowest BCUT2D eigenvalue weighted by Crippen LogP contribution is -2.23. The Morgan fingerprint density at radius 2 is 1.93 bits per heavy atom. The molecule has 0 aliphatic rings. The van der Waals surface area contributed by atoms with Crippen molar-refractivity contribution in [3.05, 3.63) is 29.6 Å². The second kappa shape index (κ2) is 5.12. The summed E-state index contributed by atoms with van der Waals surface area (Å²) in [5, 5.41) is 9.58. The summed E-state index contributed by atoms with van der Waals surface area (Å²) in [6.07, 6.45) is -0.642. The second-order valence-electron chi connectivity index (χ2n) is 3.55. The minimum Gasteiger partial charge on any atom is -0.389 e. The fraction of sp³-hybridized carbons (Fsp3) is 0.500. The maximum absolute atomic E-state index is 13.0. The highest BCUT2D eigenvalue weighted by atomic mass is 19.1. The van der Waals surface area contributed by atoms with E-state index >= 15 is 0 Å². The fourth-order valence-electron chi connectivity index (χ4n) is 1.71. The lowest BCUT2D eigenvalue weighted by molar-refractivity contribution is 0.199. The smallest absolute Gasteiger partial charge is 0.123 e. The number of rotatable bonds is 4. The monoisotopic (exact) mass is 211 g/mol. The van der Waals surface area contributed by atoms with E-state index in [0.717, 1.165) is 18.8 Å². The molecule has 1 aromatic rings. The first-order valence-electron chi connectivity index (χ1n) is 5.32. The summed E-state index contributed by atoms with van der Waals surface area (Å²) in [4.78, 5) is 2.10. The molecule has 1 rings (SSSR count). The first-order chi connectivity index (χ1) is 7.10. The van der Waals surface area contributed by atoms with Crippen LogP contribution in [0.1, 0.15) is 32.4 Å². The fourth-order valence-corrected chi connectivity index (χ4v) is 1.71. The molecule has 0 saturated carbocycles. The van der Waals surface area contributed by atoms with Gasteiger partial charge in [0.25, 0.3) is 0 Å². The second-order valence-corrected chi connectivity index (χ2v) is 3.55. The Bertz CT molecular complexity index is 321. The molecule has 0 radical (unpaired) electrons. The van der Waals surface area contributed by atoms with Crippen LogP contribution in [0.5, 0.6) is 0 Å². The van der Waals surface area contributed by atoms with Crippen molar-refractivity contribution in [3.63, 3.8) is 0 Å². The molecule has 0 aliphatic carbocycles. The van der Waals surface area contributed by atoms with E-state index in [1.807, 2.05) is 13.8 Å². The van der Waals surface area contributed by atoms with Crippen molar-refractivity contribution < 1.29 is 9.50 Å². The Hall–Kier alpha value is -1.09. The third-order valence-corrected chi connectivity index (χ3v) is 2.54. The van der Waals surface area contributed by atoms with Crippen LogP contribution in [0.25, 0.3) is 0 Å². The largest absolute Gasteiger partial charge is 0.389 e. The molecule has 1 atom stereocenters. The highest BCUT2D eigenvalue weighted by molar-refractivity contribution is 5.54. The summed E-state index contributed by atoms with van der Waals surface area (Å²) < 4.78 is 13.0. The van der Waals surface area contributed by atoms with Crippen molar-refractivity contribution in [2.24, 2.45) is 0 Å². The molecule has 3 heteroatoms. The molecule has 2 nitrogen and oxygen atoms in total. The average molecular weight is 211 g/mol. The molecule has 0 bridgehead atoms. The van der Waals surface area contributed by atoms with Gasteiger partial charge in [-0.05, 0) is 39.0 Å². The molecular formula is C12H18FNO. The van der Waals surface area contributed by atoms with Gasteiger partial charge in [0.1, 0.15) is 5.82 Å². The molecule has 0 unspecified atom stereocenters. The van der Waals surface area contributed by atoms with Gasteiger partial charge in [0.05, 0.1) is 6.10 Å². The molecule has 15 heavy (non-hydrogen) atoms. The number of anilines is 1. The van der Waals surface area contributed by atoms with Crippen molar-refractivity contribution in [2.75, 3.05) is 18.0 Å². The summed E-state index contributed by atoms with van der Waals surface area (Å²) in [5.74, 6) is -0.304. The number of halogens is 1. The highest BCUT2D eigenvalue weighted by Gasteiger charge is 2.12. The average Bonchev–Trinajstić information content (AvgIpc) is 2.21.